The zero-order chi connectivity index (χ0) is 12.0. The van der Waals surface area contributed by atoms with E-state index in [2.05, 4.69) is 6.92 Å². The number of hydrogen-bond donors (Lipinski definition) is 1. The highest BCUT2D eigenvalue weighted by atomic mass is 32.2. The van der Waals surface area contributed by atoms with Gasteiger partial charge in [0.1, 0.15) is 11.9 Å². The Balaban J connectivity index is 2.52. The van der Waals surface area contributed by atoms with Crippen molar-refractivity contribution >= 4 is 11.8 Å². The second-order valence-electron chi connectivity index (χ2n) is 3.78. The minimum Gasteiger partial charge on any atom is -0.330 e. The summed E-state index contributed by atoms with van der Waals surface area (Å²) < 4.78 is 13.0. The summed E-state index contributed by atoms with van der Waals surface area (Å²) in [5, 5.41) is 8.68. The first-order valence-electron chi connectivity index (χ1n) is 5.13. The highest BCUT2D eigenvalue weighted by Crippen LogP contribution is 2.17. The van der Waals surface area contributed by atoms with Crippen LogP contribution in [0.1, 0.15) is 18.1 Å². The molecule has 2 nitrogen and oxygen atoms in total. The third-order valence-corrected chi connectivity index (χ3v) is 3.57. The lowest BCUT2D eigenvalue weighted by atomic mass is 10.1. The topological polar surface area (TPSA) is 49.8 Å². The Morgan fingerprint density at radius 2 is 2.31 bits per heavy atom. The van der Waals surface area contributed by atoms with E-state index in [4.69, 9.17) is 11.0 Å². The molecule has 1 aromatic carbocycles. The van der Waals surface area contributed by atoms with Crippen LogP contribution in [0.4, 0.5) is 4.39 Å². The molecule has 86 valence electrons. The summed E-state index contributed by atoms with van der Waals surface area (Å²) in [6, 6.07) is 6.51. The minimum absolute atomic E-state index is 0.116. The van der Waals surface area contributed by atoms with Crippen LogP contribution in [0.15, 0.2) is 18.2 Å². The van der Waals surface area contributed by atoms with Gasteiger partial charge in [-0.05, 0) is 35.9 Å². The van der Waals surface area contributed by atoms with Crippen molar-refractivity contribution in [2.45, 2.75) is 12.7 Å². The molecule has 0 aliphatic heterocycles. The molecule has 1 atom stereocenters. The van der Waals surface area contributed by atoms with E-state index >= 15 is 0 Å². The first-order chi connectivity index (χ1) is 7.67. The molecule has 2 N–H and O–H groups in total. The first kappa shape index (κ1) is 13.0. The van der Waals surface area contributed by atoms with Crippen LogP contribution in [0.25, 0.3) is 0 Å². The molecule has 1 rings (SSSR count). The van der Waals surface area contributed by atoms with Crippen LogP contribution in [0.3, 0.4) is 0 Å². The lowest BCUT2D eigenvalue weighted by Gasteiger charge is -2.07. The molecular formula is C12H15FN2S. The summed E-state index contributed by atoms with van der Waals surface area (Å²) in [4.78, 5) is 0. The summed E-state index contributed by atoms with van der Waals surface area (Å²) in [6.07, 6.45) is 0. The Hall–Kier alpha value is -1.05. The van der Waals surface area contributed by atoms with E-state index in [-0.39, 0.29) is 5.56 Å². The molecule has 1 unspecified atom stereocenters. The zero-order valence-electron chi connectivity index (χ0n) is 9.24. The van der Waals surface area contributed by atoms with Gasteiger partial charge in [0.25, 0.3) is 0 Å². The van der Waals surface area contributed by atoms with Gasteiger partial charge in [-0.2, -0.15) is 17.0 Å². The fourth-order valence-corrected chi connectivity index (χ4v) is 2.27. The Morgan fingerprint density at radius 1 is 1.56 bits per heavy atom. The van der Waals surface area contributed by atoms with Crippen molar-refractivity contribution in [1.29, 1.82) is 5.26 Å². The van der Waals surface area contributed by atoms with Crippen molar-refractivity contribution in [3.63, 3.8) is 0 Å². The summed E-state index contributed by atoms with van der Waals surface area (Å²) in [5.74, 6) is 1.81. The van der Waals surface area contributed by atoms with Gasteiger partial charge in [0.05, 0.1) is 5.56 Å². The van der Waals surface area contributed by atoms with Crippen molar-refractivity contribution in [2.75, 3.05) is 12.3 Å². The number of thioether (sulfide) groups is 1. The molecule has 0 saturated carbocycles. The summed E-state index contributed by atoms with van der Waals surface area (Å²) in [7, 11) is 0. The minimum atomic E-state index is -0.452. The van der Waals surface area contributed by atoms with E-state index in [0.717, 1.165) is 17.1 Å². The maximum atomic E-state index is 13.0. The fourth-order valence-electron chi connectivity index (χ4n) is 1.19. The van der Waals surface area contributed by atoms with Gasteiger partial charge < -0.3 is 5.73 Å². The highest BCUT2D eigenvalue weighted by Gasteiger charge is 2.04. The van der Waals surface area contributed by atoms with Crippen LogP contribution in [0.5, 0.6) is 0 Å². The molecule has 1 aromatic rings. The average Bonchev–Trinajstić information content (AvgIpc) is 2.31. The normalized spacial score (nSPS) is 12.1. The number of nitrogens with two attached hydrogens (primary N) is 1. The molecule has 0 bridgehead atoms. The molecular weight excluding hydrogens is 223 g/mol. The van der Waals surface area contributed by atoms with Crippen molar-refractivity contribution < 1.29 is 4.39 Å². The van der Waals surface area contributed by atoms with Gasteiger partial charge in [-0.25, -0.2) is 4.39 Å². The van der Waals surface area contributed by atoms with E-state index in [1.807, 2.05) is 6.07 Å². The third kappa shape index (κ3) is 3.84. The lowest BCUT2D eigenvalue weighted by molar-refractivity contribution is 0.623. The van der Waals surface area contributed by atoms with Gasteiger partial charge in [0, 0.05) is 5.75 Å². The van der Waals surface area contributed by atoms with Crippen molar-refractivity contribution in [3.05, 3.63) is 35.1 Å². The Labute approximate surface area is 99.6 Å². The molecule has 0 aromatic heterocycles. The van der Waals surface area contributed by atoms with Gasteiger partial charge in [-0.1, -0.05) is 13.0 Å². The predicted octanol–water partition coefficient (Wildman–Crippen LogP) is 2.53. The van der Waals surface area contributed by atoms with Gasteiger partial charge in [-0.15, -0.1) is 0 Å². The maximum Gasteiger partial charge on any atom is 0.140 e. The van der Waals surface area contributed by atoms with E-state index < -0.39 is 5.82 Å². The van der Waals surface area contributed by atoms with Gasteiger partial charge >= 0.3 is 0 Å². The molecule has 16 heavy (non-hydrogen) atoms. The third-order valence-electron chi connectivity index (χ3n) is 2.22. The first-order valence-corrected chi connectivity index (χ1v) is 6.29. The number of halogens is 1. The second-order valence-corrected chi connectivity index (χ2v) is 4.81. The molecule has 0 aliphatic rings. The Bertz CT molecular complexity index is 387. The molecule has 0 spiro atoms. The molecule has 0 heterocycles. The SMILES string of the molecule is CC(CN)CSCc1ccc(F)c(C#N)c1. The summed E-state index contributed by atoms with van der Waals surface area (Å²) in [6.45, 7) is 2.78. The van der Waals surface area contributed by atoms with Crippen molar-refractivity contribution in [3.8, 4) is 6.07 Å². The van der Waals surface area contributed by atoms with Gasteiger partial charge in [-0.3, -0.25) is 0 Å². The van der Waals surface area contributed by atoms with Crippen LogP contribution in [0.2, 0.25) is 0 Å². The van der Waals surface area contributed by atoms with Crippen LogP contribution >= 0.6 is 11.8 Å². The van der Waals surface area contributed by atoms with Crippen molar-refractivity contribution in [2.24, 2.45) is 11.7 Å². The molecule has 0 aliphatic carbocycles. The van der Waals surface area contributed by atoms with E-state index in [9.17, 15) is 4.39 Å². The predicted molar refractivity (Wildman–Crippen MR) is 65.5 cm³/mol. The lowest BCUT2D eigenvalue weighted by Crippen LogP contribution is -2.12. The Kier molecular flexibility index (Phi) is 5.30. The fraction of sp³-hybridized carbons (Fsp3) is 0.417. The van der Waals surface area contributed by atoms with E-state index in [1.165, 1.54) is 6.07 Å². The molecule has 4 heteroatoms. The van der Waals surface area contributed by atoms with Crippen molar-refractivity contribution in [1.82, 2.24) is 0 Å². The van der Waals surface area contributed by atoms with Crippen LogP contribution in [0, 0.1) is 23.1 Å². The quantitative estimate of drug-likeness (QED) is 0.857. The number of rotatable bonds is 5. The largest absolute Gasteiger partial charge is 0.330 e. The number of benzene rings is 1. The molecule has 0 saturated heterocycles. The molecule has 0 fully saturated rings. The van der Waals surface area contributed by atoms with Gasteiger partial charge in [0.15, 0.2) is 0 Å². The number of nitriles is 1. The molecule has 0 radical (unpaired) electrons. The number of nitrogens with zero attached hydrogens (tertiary/aromatic N) is 1. The smallest absolute Gasteiger partial charge is 0.140 e. The molecule has 0 amide bonds. The van der Waals surface area contributed by atoms with E-state index in [0.29, 0.717) is 12.5 Å². The standard InChI is InChI=1S/C12H15FN2S/c1-9(5-14)7-16-8-10-2-3-12(13)11(4-10)6-15/h2-4,9H,5,7-8,14H2,1H3. The van der Waals surface area contributed by atoms with Crippen LogP contribution in [-0.4, -0.2) is 12.3 Å². The second kappa shape index (κ2) is 6.51. The Morgan fingerprint density at radius 3 is 2.94 bits per heavy atom. The van der Waals surface area contributed by atoms with E-state index in [1.54, 1.807) is 23.9 Å². The average molecular weight is 238 g/mol. The summed E-state index contributed by atoms with van der Waals surface area (Å²) in [5.41, 5.74) is 6.61. The van der Waals surface area contributed by atoms with Gasteiger partial charge in [0.2, 0.25) is 0 Å². The number of hydrogen-bond acceptors (Lipinski definition) is 3. The monoisotopic (exact) mass is 238 g/mol. The van der Waals surface area contributed by atoms with Crippen LogP contribution in [-0.2, 0) is 5.75 Å². The highest BCUT2D eigenvalue weighted by molar-refractivity contribution is 7.98. The maximum absolute atomic E-state index is 13.0. The van der Waals surface area contributed by atoms with Crippen LogP contribution < -0.4 is 5.73 Å². The zero-order valence-corrected chi connectivity index (χ0v) is 10.1. The summed E-state index contributed by atoms with van der Waals surface area (Å²) >= 11 is 1.75.